The summed E-state index contributed by atoms with van der Waals surface area (Å²) in [4.78, 5) is 4.55. The molecule has 0 radical (unpaired) electrons. The van der Waals surface area contributed by atoms with Crippen molar-refractivity contribution in [2.24, 2.45) is 0 Å². The zero-order chi connectivity index (χ0) is 21.7. The Labute approximate surface area is 181 Å². The molecule has 4 aromatic rings. The first kappa shape index (κ1) is 20.6. The van der Waals surface area contributed by atoms with Crippen LogP contribution in [0.3, 0.4) is 0 Å². The Kier molecular flexibility index (Phi) is 5.99. The van der Waals surface area contributed by atoms with E-state index in [0.717, 1.165) is 20.8 Å². The average molecular weight is 434 g/mol. The minimum absolute atomic E-state index is 0.153. The van der Waals surface area contributed by atoms with Crippen LogP contribution < -0.4 is 10.6 Å². The molecule has 8 heteroatoms. The van der Waals surface area contributed by atoms with Crippen LogP contribution in [0.15, 0.2) is 89.8 Å². The third-order valence-electron chi connectivity index (χ3n) is 4.71. The van der Waals surface area contributed by atoms with Gasteiger partial charge in [0.15, 0.2) is 0 Å². The molecule has 7 nitrogen and oxygen atoms in total. The highest BCUT2D eigenvalue weighted by Crippen LogP contribution is 2.20. The Bertz CT molecular complexity index is 1240. The molecule has 31 heavy (non-hydrogen) atoms. The van der Waals surface area contributed by atoms with Crippen LogP contribution in [0, 0.1) is 6.92 Å². The van der Waals surface area contributed by atoms with Crippen LogP contribution in [-0.2, 0) is 23.1 Å². The molecule has 0 unspecified atom stereocenters. The summed E-state index contributed by atoms with van der Waals surface area (Å²) in [5.74, 6) is 0.384. The Balaban J connectivity index is 1.63. The predicted octanol–water partition coefficient (Wildman–Crippen LogP) is 4.05. The van der Waals surface area contributed by atoms with Gasteiger partial charge in [0, 0.05) is 13.1 Å². The van der Waals surface area contributed by atoms with Crippen molar-refractivity contribution in [1.82, 2.24) is 14.2 Å². The summed E-state index contributed by atoms with van der Waals surface area (Å²) >= 11 is 0. The van der Waals surface area contributed by atoms with E-state index in [-0.39, 0.29) is 16.8 Å². The molecular weight excluding hydrogens is 410 g/mol. The summed E-state index contributed by atoms with van der Waals surface area (Å²) < 4.78 is 27.5. The normalized spacial score (nSPS) is 11.3. The Morgan fingerprint density at radius 3 is 1.90 bits per heavy atom. The van der Waals surface area contributed by atoms with Gasteiger partial charge in [-0.2, -0.15) is 13.4 Å². The van der Waals surface area contributed by atoms with Gasteiger partial charge in [0.1, 0.15) is 0 Å². The first-order chi connectivity index (χ1) is 15.0. The number of benzene rings is 3. The van der Waals surface area contributed by atoms with E-state index in [4.69, 9.17) is 0 Å². The van der Waals surface area contributed by atoms with E-state index in [1.807, 2.05) is 67.6 Å². The minimum atomic E-state index is -3.91. The van der Waals surface area contributed by atoms with Crippen molar-refractivity contribution in [2.75, 3.05) is 10.6 Å². The van der Waals surface area contributed by atoms with E-state index in [0.29, 0.717) is 13.1 Å². The van der Waals surface area contributed by atoms with Crippen molar-refractivity contribution in [1.29, 1.82) is 0 Å². The van der Waals surface area contributed by atoms with Gasteiger partial charge in [-0.25, -0.2) is 0 Å². The molecule has 0 saturated carbocycles. The smallest absolute Gasteiger partial charge is 0.286 e. The summed E-state index contributed by atoms with van der Waals surface area (Å²) in [6.07, 6.45) is 0. The zero-order valence-corrected chi connectivity index (χ0v) is 17.9. The van der Waals surface area contributed by atoms with Crippen molar-refractivity contribution < 1.29 is 8.42 Å². The van der Waals surface area contributed by atoms with Crippen LogP contribution in [-0.4, -0.2) is 22.6 Å². The fourth-order valence-electron chi connectivity index (χ4n) is 3.01. The standard InChI is InChI=1S/C23H23N5O2S/c1-18-12-14-21(15-13-18)31(29,30)28-23(25-17-20-10-6-3-7-11-20)26-22(27-28)24-16-19-8-4-2-5-9-19/h2-15H,16-17H2,1H3,(H2,24,25,26,27). The second-order valence-corrected chi connectivity index (χ2v) is 8.87. The maximum atomic E-state index is 13.3. The fourth-order valence-corrected chi connectivity index (χ4v) is 4.21. The van der Waals surface area contributed by atoms with Gasteiger partial charge in [0.05, 0.1) is 4.90 Å². The maximum Gasteiger partial charge on any atom is 0.286 e. The molecule has 0 bridgehead atoms. The molecule has 1 heterocycles. The Morgan fingerprint density at radius 2 is 1.32 bits per heavy atom. The largest absolute Gasteiger partial charge is 0.349 e. The number of aryl methyl sites for hydroxylation is 1. The highest BCUT2D eigenvalue weighted by Gasteiger charge is 2.24. The summed E-state index contributed by atoms with van der Waals surface area (Å²) in [6.45, 7) is 2.80. The quantitative estimate of drug-likeness (QED) is 0.436. The molecule has 0 atom stereocenters. The lowest BCUT2D eigenvalue weighted by atomic mass is 10.2. The molecule has 1 aromatic heterocycles. The van der Waals surface area contributed by atoms with Crippen LogP contribution in [0.2, 0.25) is 0 Å². The molecule has 0 aliphatic carbocycles. The first-order valence-corrected chi connectivity index (χ1v) is 11.3. The SMILES string of the molecule is Cc1ccc(S(=O)(=O)n2nc(NCc3ccccc3)nc2NCc2ccccc2)cc1. The van der Waals surface area contributed by atoms with Crippen molar-refractivity contribution in [3.8, 4) is 0 Å². The molecule has 4 rings (SSSR count). The molecule has 0 spiro atoms. The van der Waals surface area contributed by atoms with E-state index in [1.54, 1.807) is 24.3 Å². The molecule has 0 fully saturated rings. The summed E-state index contributed by atoms with van der Waals surface area (Å²) in [6, 6.07) is 26.1. The lowest BCUT2D eigenvalue weighted by Gasteiger charge is -2.09. The van der Waals surface area contributed by atoms with Crippen LogP contribution >= 0.6 is 0 Å². The third kappa shape index (κ3) is 4.92. The third-order valence-corrected chi connectivity index (χ3v) is 6.29. The van der Waals surface area contributed by atoms with Crippen LogP contribution in [0.1, 0.15) is 16.7 Å². The van der Waals surface area contributed by atoms with Crippen molar-refractivity contribution in [2.45, 2.75) is 24.9 Å². The van der Waals surface area contributed by atoms with Crippen LogP contribution in [0.4, 0.5) is 11.9 Å². The molecule has 0 aliphatic heterocycles. The summed E-state index contributed by atoms with van der Waals surface area (Å²) in [5.41, 5.74) is 3.02. The summed E-state index contributed by atoms with van der Waals surface area (Å²) in [5, 5.41) is 10.5. The van der Waals surface area contributed by atoms with E-state index in [2.05, 4.69) is 20.7 Å². The van der Waals surface area contributed by atoms with Gasteiger partial charge in [-0.05, 0) is 30.2 Å². The van der Waals surface area contributed by atoms with E-state index >= 15 is 0 Å². The van der Waals surface area contributed by atoms with Gasteiger partial charge in [-0.15, -0.1) is 9.19 Å². The molecule has 0 aliphatic rings. The number of hydrogen-bond acceptors (Lipinski definition) is 6. The number of nitrogens with one attached hydrogen (secondary N) is 2. The summed E-state index contributed by atoms with van der Waals surface area (Å²) in [7, 11) is -3.91. The van der Waals surface area contributed by atoms with Crippen molar-refractivity contribution in [3.63, 3.8) is 0 Å². The van der Waals surface area contributed by atoms with Gasteiger partial charge in [0.25, 0.3) is 10.0 Å². The highest BCUT2D eigenvalue weighted by atomic mass is 32.2. The van der Waals surface area contributed by atoms with Crippen LogP contribution in [0.5, 0.6) is 0 Å². The average Bonchev–Trinajstić information content (AvgIpc) is 3.22. The molecule has 2 N–H and O–H groups in total. The fraction of sp³-hybridized carbons (Fsp3) is 0.130. The second kappa shape index (κ2) is 9.01. The van der Waals surface area contributed by atoms with Gasteiger partial charge in [-0.1, -0.05) is 78.4 Å². The number of rotatable bonds is 8. The predicted molar refractivity (Wildman–Crippen MR) is 121 cm³/mol. The molecule has 0 saturated heterocycles. The number of aromatic nitrogens is 3. The van der Waals surface area contributed by atoms with Gasteiger partial charge in [-0.3, -0.25) is 0 Å². The minimum Gasteiger partial charge on any atom is -0.349 e. The maximum absolute atomic E-state index is 13.3. The van der Waals surface area contributed by atoms with Gasteiger partial charge >= 0.3 is 0 Å². The van der Waals surface area contributed by atoms with Gasteiger partial charge in [0.2, 0.25) is 11.9 Å². The zero-order valence-electron chi connectivity index (χ0n) is 17.1. The van der Waals surface area contributed by atoms with E-state index in [1.165, 1.54) is 0 Å². The Morgan fingerprint density at radius 1 is 0.774 bits per heavy atom. The van der Waals surface area contributed by atoms with Crippen molar-refractivity contribution >= 4 is 21.9 Å². The molecular formula is C23H23N5O2S. The second-order valence-electron chi connectivity index (χ2n) is 7.10. The van der Waals surface area contributed by atoms with Crippen molar-refractivity contribution in [3.05, 3.63) is 102 Å². The highest BCUT2D eigenvalue weighted by molar-refractivity contribution is 7.90. The molecule has 3 aromatic carbocycles. The monoisotopic (exact) mass is 433 g/mol. The number of anilines is 2. The molecule has 0 amide bonds. The Hall–Kier alpha value is -3.65. The lowest BCUT2D eigenvalue weighted by Crippen LogP contribution is -2.18. The number of hydrogen-bond donors (Lipinski definition) is 2. The topological polar surface area (TPSA) is 88.9 Å². The van der Waals surface area contributed by atoms with E-state index < -0.39 is 10.0 Å². The first-order valence-electron chi connectivity index (χ1n) is 9.87. The lowest BCUT2D eigenvalue weighted by molar-refractivity contribution is 0.580. The van der Waals surface area contributed by atoms with Crippen LogP contribution in [0.25, 0.3) is 0 Å². The molecule has 158 valence electrons. The van der Waals surface area contributed by atoms with Gasteiger partial charge < -0.3 is 10.6 Å². The number of nitrogens with zero attached hydrogens (tertiary/aromatic N) is 3. The van der Waals surface area contributed by atoms with E-state index in [9.17, 15) is 8.42 Å².